The molecule has 0 bridgehead atoms. The predicted molar refractivity (Wildman–Crippen MR) is 112 cm³/mol. The van der Waals surface area contributed by atoms with Crippen LogP contribution in [0.5, 0.6) is 0 Å². The van der Waals surface area contributed by atoms with Gasteiger partial charge in [-0.25, -0.2) is 9.18 Å². The molecule has 1 N–H and O–H groups in total. The molecule has 0 radical (unpaired) electrons. The van der Waals surface area contributed by atoms with Gasteiger partial charge in [-0.15, -0.1) is 0 Å². The van der Waals surface area contributed by atoms with Crippen LogP contribution >= 0.6 is 0 Å². The van der Waals surface area contributed by atoms with E-state index < -0.39 is 5.82 Å². The normalized spacial score (nSPS) is 14.4. The third kappa shape index (κ3) is 4.19. The maximum absolute atomic E-state index is 13.4. The summed E-state index contributed by atoms with van der Waals surface area (Å²) in [5.74, 6) is -0.716. The number of halogens is 1. The second-order valence-corrected chi connectivity index (χ2v) is 7.56. The number of nitriles is 1. The summed E-state index contributed by atoms with van der Waals surface area (Å²) in [5, 5.41) is 12.9. The van der Waals surface area contributed by atoms with Crippen LogP contribution in [0.2, 0.25) is 0 Å². The van der Waals surface area contributed by atoms with E-state index in [-0.39, 0.29) is 12.0 Å². The van der Waals surface area contributed by atoms with Crippen molar-refractivity contribution in [1.82, 2.24) is 0 Å². The molecule has 6 heteroatoms. The number of ether oxygens (including phenoxy) is 1. The number of nitrogens with one attached hydrogen (secondary N) is 1. The van der Waals surface area contributed by atoms with Gasteiger partial charge in [-0.2, -0.15) is 5.26 Å². The molecule has 0 saturated carbocycles. The Bertz CT molecular complexity index is 973. The third-order valence-corrected chi connectivity index (χ3v) is 5.62. The summed E-state index contributed by atoms with van der Waals surface area (Å²) >= 11 is 0. The Balaban J connectivity index is 1.75. The smallest absolute Gasteiger partial charge is 0.338 e. The topological polar surface area (TPSA) is 65.4 Å². The summed E-state index contributed by atoms with van der Waals surface area (Å²) in [6.45, 7) is 7.44. The lowest BCUT2D eigenvalue weighted by Crippen LogP contribution is -2.39. The lowest BCUT2D eigenvalue weighted by molar-refractivity contribution is 0.0599. The highest BCUT2D eigenvalue weighted by Crippen LogP contribution is 2.31. The highest BCUT2D eigenvalue weighted by Gasteiger charge is 2.24. The summed E-state index contributed by atoms with van der Waals surface area (Å²) in [7, 11) is 1.40. The zero-order valence-corrected chi connectivity index (χ0v) is 17.3. The van der Waals surface area contributed by atoms with Gasteiger partial charge in [0.1, 0.15) is 11.9 Å². The number of esters is 1. The number of rotatable bonds is 4. The molecule has 0 aromatic heterocycles. The lowest BCUT2D eigenvalue weighted by atomic mass is 9.95. The quantitative estimate of drug-likeness (QED) is 0.773. The third-order valence-electron chi connectivity index (χ3n) is 5.62. The zero-order chi connectivity index (χ0) is 21.1. The van der Waals surface area contributed by atoms with Crippen LogP contribution in [0.3, 0.4) is 0 Å². The number of hydrogen-bond acceptors (Lipinski definition) is 5. The maximum Gasteiger partial charge on any atom is 0.338 e. The number of anilines is 2. The second-order valence-electron chi connectivity index (χ2n) is 7.56. The number of aryl methyl sites for hydroxylation is 2. The number of methoxy groups -OCH3 is 1. The molecule has 5 nitrogen and oxygen atoms in total. The fourth-order valence-electron chi connectivity index (χ4n) is 4.17. The van der Waals surface area contributed by atoms with Gasteiger partial charge in [0.25, 0.3) is 0 Å². The Labute approximate surface area is 171 Å². The van der Waals surface area contributed by atoms with Crippen LogP contribution in [0.25, 0.3) is 0 Å². The van der Waals surface area contributed by atoms with Crippen LogP contribution in [0.4, 0.5) is 15.8 Å². The molecular formula is C23H26FN3O2. The molecule has 1 saturated heterocycles. The first kappa shape index (κ1) is 20.7. The number of nitrogens with zero attached hydrogens (tertiary/aromatic N) is 2. The number of carbonyl (C=O) groups is 1. The summed E-state index contributed by atoms with van der Waals surface area (Å²) in [4.78, 5) is 14.3. The Morgan fingerprint density at radius 2 is 1.90 bits per heavy atom. The maximum atomic E-state index is 13.4. The van der Waals surface area contributed by atoms with Crippen LogP contribution in [-0.4, -0.2) is 32.2 Å². The van der Waals surface area contributed by atoms with E-state index in [1.54, 1.807) is 6.07 Å². The van der Waals surface area contributed by atoms with Crippen LogP contribution in [0.1, 0.15) is 45.5 Å². The standard InChI is InChI=1S/C23H26FN3O2/c1-14-11-15(2)22(16(3)21(14)23(28)29-4)26-19-7-9-27(10-8-19)20-6-5-18(24)12-17(20)13-25/h5-6,11-12,19,26H,7-10H2,1-4H3. The molecule has 0 amide bonds. The van der Waals surface area contributed by atoms with Crippen molar-refractivity contribution in [3.8, 4) is 6.07 Å². The molecule has 1 aliphatic rings. The summed E-state index contributed by atoms with van der Waals surface area (Å²) in [6, 6.07) is 8.71. The second kappa shape index (κ2) is 8.52. The average Bonchev–Trinajstić information content (AvgIpc) is 2.71. The van der Waals surface area contributed by atoms with Gasteiger partial charge in [0.2, 0.25) is 0 Å². The highest BCUT2D eigenvalue weighted by atomic mass is 19.1. The van der Waals surface area contributed by atoms with Gasteiger partial charge in [-0.05, 0) is 68.5 Å². The predicted octanol–water partition coefficient (Wildman–Crippen LogP) is 4.49. The van der Waals surface area contributed by atoms with Gasteiger partial charge >= 0.3 is 5.97 Å². The van der Waals surface area contributed by atoms with E-state index in [0.29, 0.717) is 11.1 Å². The van der Waals surface area contributed by atoms with E-state index in [4.69, 9.17) is 4.74 Å². The van der Waals surface area contributed by atoms with Crippen molar-refractivity contribution in [2.75, 3.05) is 30.4 Å². The van der Waals surface area contributed by atoms with E-state index in [1.807, 2.05) is 26.8 Å². The number of piperidine rings is 1. The van der Waals surface area contributed by atoms with Crippen molar-refractivity contribution < 1.29 is 13.9 Å². The number of benzene rings is 2. The van der Waals surface area contributed by atoms with Crippen LogP contribution in [0, 0.1) is 37.9 Å². The minimum atomic E-state index is -0.395. The summed E-state index contributed by atoms with van der Waals surface area (Å²) in [5.41, 5.74) is 5.65. The van der Waals surface area contributed by atoms with Crippen molar-refractivity contribution in [1.29, 1.82) is 5.26 Å². The fourth-order valence-corrected chi connectivity index (χ4v) is 4.17. The van der Waals surface area contributed by atoms with Gasteiger partial charge in [0.05, 0.1) is 23.9 Å². The first-order chi connectivity index (χ1) is 13.8. The Kier molecular flexibility index (Phi) is 6.07. The largest absolute Gasteiger partial charge is 0.465 e. The van der Waals surface area contributed by atoms with E-state index in [1.165, 1.54) is 19.2 Å². The molecular weight excluding hydrogens is 369 g/mol. The molecule has 29 heavy (non-hydrogen) atoms. The van der Waals surface area contributed by atoms with Gasteiger partial charge in [-0.3, -0.25) is 0 Å². The molecule has 0 atom stereocenters. The first-order valence-corrected chi connectivity index (χ1v) is 9.76. The molecule has 1 aliphatic heterocycles. The van der Waals surface area contributed by atoms with Gasteiger partial charge < -0.3 is 15.0 Å². The summed E-state index contributed by atoms with van der Waals surface area (Å²) < 4.78 is 18.4. The first-order valence-electron chi connectivity index (χ1n) is 9.76. The molecule has 1 fully saturated rings. The van der Waals surface area contributed by atoms with Crippen molar-refractivity contribution in [2.45, 2.75) is 39.7 Å². The highest BCUT2D eigenvalue weighted by molar-refractivity contribution is 5.94. The van der Waals surface area contributed by atoms with Gasteiger partial charge in [0.15, 0.2) is 0 Å². The minimum absolute atomic E-state index is 0.253. The van der Waals surface area contributed by atoms with Gasteiger partial charge in [0, 0.05) is 24.8 Å². The zero-order valence-electron chi connectivity index (χ0n) is 17.3. The monoisotopic (exact) mass is 395 g/mol. The minimum Gasteiger partial charge on any atom is -0.465 e. The van der Waals surface area contributed by atoms with E-state index in [0.717, 1.165) is 54.0 Å². The molecule has 0 unspecified atom stereocenters. The lowest BCUT2D eigenvalue weighted by Gasteiger charge is -2.35. The molecule has 0 aliphatic carbocycles. The molecule has 0 spiro atoms. The molecule has 2 aromatic rings. The van der Waals surface area contributed by atoms with E-state index >= 15 is 0 Å². The van der Waals surface area contributed by atoms with Crippen LogP contribution < -0.4 is 10.2 Å². The van der Waals surface area contributed by atoms with E-state index in [2.05, 4.69) is 16.3 Å². The average molecular weight is 395 g/mol. The molecule has 1 heterocycles. The molecule has 152 valence electrons. The Morgan fingerprint density at radius 3 is 2.52 bits per heavy atom. The van der Waals surface area contributed by atoms with Crippen molar-refractivity contribution in [2.24, 2.45) is 0 Å². The fraction of sp³-hybridized carbons (Fsp3) is 0.391. The van der Waals surface area contributed by atoms with Crippen molar-refractivity contribution >= 4 is 17.3 Å². The van der Waals surface area contributed by atoms with Gasteiger partial charge in [-0.1, -0.05) is 6.07 Å². The van der Waals surface area contributed by atoms with Crippen molar-refractivity contribution in [3.63, 3.8) is 0 Å². The molecule has 2 aromatic carbocycles. The Hall–Kier alpha value is -3.07. The van der Waals surface area contributed by atoms with E-state index in [9.17, 15) is 14.4 Å². The molecule has 3 rings (SSSR count). The van der Waals surface area contributed by atoms with Crippen LogP contribution in [-0.2, 0) is 4.74 Å². The van der Waals surface area contributed by atoms with Crippen LogP contribution in [0.15, 0.2) is 24.3 Å². The van der Waals surface area contributed by atoms with Crippen molar-refractivity contribution in [3.05, 3.63) is 57.9 Å². The Morgan fingerprint density at radius 1 is 1.21 bits per heavy atom. The SMILES string of the molecule is COC(=O)c1c(C)cc(C)c(NC2CCN(c3ccc(F)cc3C#N)CC2)c1C. The summed E-state index contributed by atoms with van der Waals surface area (Å²) in [6.07, 6.45) is 1.76. The number of hydrogen-bond donors (Lipinski definition) is 1. The number of carbonyl (C=O) groups excluding carboxylic acids is 1.